The number of alkyl carbamates (subject to hydrolysis) is 1. The van der Waals surface area contributed by atoms with Gasteiger partial charge in [-0.1, -0.05) is 60.5 Å². The molecule has 2 aromatic rings. The maximum Gasteiger partial charge on any atom is 0.407 e. The van der Waals surface area contributed by atoms with Crippen LogP contribution in [0.4, 0.5) is 4.79 Å². The summed E-state index contributed by atoms with van der Waals surface area (Å²) in [5, 5.41) is 2.64. The third-order valence-electron chi connectivity index (χ3n) is 6.64. The molecule has 180 valence electrons. The molecule has 7 heteroatoms. The minimum Gasteiger partial charge on any atom is -0.467 e. The van der Waals surface area contributed by atoms with Crippen LogP contribution in [-0.2, 0) is 19.1 Å². The average molecular weight is 473 g/mol. The number of benzene rings is 2. The van der Waals surface area contributed by atoms with E-state index in [2.05, 4.69) is 29.9 Å². The molecule has 1 saturated heterocycles. The summed E-state index contributed by atoms with van der Waals surface area (Å²) in [5.41, 5.74) is 4.44. The molecule has 2 amide bonds. The third kappa shape index (κ3) is 4.65. The van der Waals surface area contributed by atoms with Gasteiger partial charge in [-0.3, -0.25) is 4.79 Å². The standard InChI is InChI=1S/C28H28N2O5/c1-4-10-24(26(31)30-18(5-2)15-16-25(30)27(32)34-3)29-28(33)35-17-23-21-13-8-6-11-19(21)20-12-7-9-14-22(20)23/h2,4,6-9,11-14,18,23-25H,1,10,15-17H2,3H3,(H,29,33)/t18-,24-,25-/m0/s1. The fraction of sp³-hybridized carbons (Fsp3) is 0.321. The van der Waals surface area contributed by atoms with E-state index >= 15 is 0 Å². The van der Waals surface area contributed by atoms with Gasteiger partial charge in [-0.15, -0.1) is 13.0 Å². The molecule has 0 spiro atoms. The first-order valence-corrected chi connectivity index (χ1v) is 11.6. The van der Waals surface area contributed by atoms with E-state index in [9.17, 15) is 14.4 Å². The van der Waals surface area contributed by atoms with Crippen LogP contribution in [0, 0.1) is 12.3 Å². The van der Waals surface area contributed by atoms with E-state index in [0.29, 0.717) is 12.8 Å². The van der Waals surface area contributed by atoms with Crippen molar-refractivity contribution < 1.29 is 23.9 Å². The number of hydrogen-bond donors (Lipinski definition) is 1. The Labute approximate surface area is 205 Å². The molecule has 0 saturated carbocycles. The first kappa shape index (κ1) is 24.1. The molecular formula is C28H28N2O5. The molecule has 1 N–H and O–H groups in total. The van der Waals surface area contributed by atoms with E-state index in [1.807, 2.05) is 36.4 Å². The second-order valence-electron chi connectivity index (χ2n) is 8.59. The highest BCUT2D eigenvalue weighted by atomic mass is 16.5. The fourth-order valence-corrected chi connectivity index (χ4v) is 5.00. The molecule has 0 aromatic heterocycles. The Hall–Kier alpha value is -4.05. The first-order chi connectivity index (χ1) is 17.0. The molecule has 3 atom stereocenters. The first-order valence-electron chi connectivity index (χ1n) is 11.6. The summed E-state index contributed by atoms with van der Waals surface area (Å²) < 4.78 is 10.4. The molecule has 2 aromatic carbocycles. The van der Waals surface area contributed by atoms with Gasteiger partial charge in [0.05, 0.1) is 13.2 Å². The number of nitrogens with zero attached hydrogens (tertiary/aromatic N) is 1. The van der Waals surface area contributed by atoms with Crippen LogP contribution >= 0.6 is 0 Å². The molecule has 1 heterocycles. The van der Waals surface area contributed by atoms with E-state index in [0.717, 1.165) is 22.3 Å². The van der Waals surface area contributed by atoms with Crippen molar-refractivity contribution in [2.75, 3.05) is 13.7 Å². The summed E-state index contributed by atoms with van der Waals surface area (Å²) in [7, 11) is 1.27. The number of carbonyl (C=O) groups excluding carboxylic acids is 3. The normalized spacial score (nSPS) is 19.1. The highest BCUT2D eigenvalue weighted by molar-refractivity contribution is 5.91. The van der Waals surface area contributed by atoms with Gasteiger partial charge in [0.2, 0.25) is 5.91 Å². The molecule has 1 fully saturated rings. The summed E-state index contributed by atoms with van der Waals surface area (Å²) in [5.74, 6) is 1.46. The van der Waals surface area contributed by atoms with E-state index in [1.54, 1.807) is 0 Å². The Morgan fingerprint density at radius 1 is 1.14 bits per heavy atom. The Bertz CT molecular complexity index is 1140. The molecule has 1 aliphatic carbocycles. The van der Waals surface area contributed by atoms with Crippen molar-refractivity contribution in [2.24, 2.45) is 0 Å². The maximum absolute atomic E-state index is 13.4. The Kier molecular flexibility index (Phi) is 7.21. The van der Waals surface area contributed by atoms with Crippen LogP contribution in [0.15, 0.2) is 61.2 Å². The lowest BCUT2D eigenvalue weighted by Crippen LogP contribution is -2.54. The lowest BCUT2D eigenvalue weighted by Gasteiger charge is -2.30. The van der Waals surface area contributed by atoms with Crippen molar-refractivity contribution in [1.82, 2.24) is 10.2 Å². The van der Waals surface area contributed by atoms with Gasteiger partial charge < -0.3 is 19.7 Å². The summed E-state index contributed by atoms with van der Waals surface area (Å²) in [6, 6.07) is 13.8. The van der Waals surface area contributed by atoms with Crippen LogP contribution in [0.5, 0.6) is 0 Å². The number of methoxy groups -OCH3 is 1. The van der Waals surface area contributed by atoms with Crippen molar-refractivity contribution in [3.05, 3.63) is 72.3 Å². The van der Waals surface area contributed by atoms with E-state index in [-0.39, 0.29) is 18.9 Å². The van der Waals surface area contributed by atoms with Crippen LogP contribution in [0.1, 0.15) is 36.3 Å². The number of fused-ring (bicyclic) bond motifs is 3. The molecule has 2 aliphatic rings. The molecule has 0 radical (unpaired) electrons. The van der Waals surface area contributed by atoms with Crippen LogP contribution in [0.2, 0.25) is 0 Å². The zero-order valence-electron chi connectivity index (χ0n) is 19.6. The Morgan fingerprint density at radius 3 is 2.34 bits per heavy atom. The van der Waals surface area contributed by atoms with Gasteiger partial charge in [-0.05, 0) is 41.5 Å². The summed E-state index contributed by atoms with van der Waals surface area (Å²) >= 11 is 0. The number of carbonyl (C=O) groups is 3. The average Bonchev–Trinajstić information content (AvgIpc) is 3.45. The van der Waals surface area contributed by atoms with Crippen LogP contribution in [0.25, 0.3) is 11.1 Å². The van der Waals surface area contributed by atoms with Crippen molar-refractivity contribution in [3.8, 4) is 23.5 Å². The molecule has 7 nitrogen and oxygen atoms in total. The lowest BCUT2D eigenvalue weighted by molar-refractivity contribution is -0.152. The van der Waals surface area contributed by atoms with Crippen molar-refractivity contribution in [3.63, 3.8) is 0 Å². The largest absolute Gasteiger partial charge is 0.467 e. The van der Waals surface area contributed by atoms with Crippen molar-refractivity contribution in [2.45, 2.75) is 43.3 Å². The smallest absolute Gasteiger partial charge is 0.407 e. The van der Waals surface area contributed by atoms with Gasteiger partial charge in [-0.25, -0.2) is 9.59 Å². The number of ether oxygens (including phenoxy) is 2. The number of rotatable bonds is 7. The molecular weight excluding hydrogens is 444 g/mol. The SMILES string of the molecule is C#C[C@H]1CC[C@@H](C(=O)OC)N1C(=O)[C@H](CC=C)NC(=O)OCC1c2ccccc2-c2ccccc21. The van der Waals surface area contributed by atoms with Crippen LogP contribution < -0.4 is 5.32 Å². The monoisotopic (exact) mass is 472 g/mol. The molecule has 0 unspecified atom stereocenters. The number of likely N-dealkylation sites (tertiary alicyclic amines) is 1. The number of esters is 1. The fourth-order valence-electron chi connectivity index (χ4n) is 5.00. The predicted octanol–water partition coefficient (Wildman–Crippen LogP) is 3.64. The second kappa shape index (κ2) is 10.5. The minimum atomic E-state index is -0.968. The molecule has 1 aliphatic heterocycles. The molecule has 0 bridgehead atoms. The third-order valence-corrected chi connectivity index (χ3v) is 6.64. The van der Waals surface area contributed by atoms with Gasteiger partial charge in [0.1, 0.15) is 18.7 Å². The topological polar surface area (TPSA) is 84.9 Å². The number of nitrogens with one attached hydrogen (secondary N) is 1. The highest BCUT2D eigenvalue weighted by Gasteiger charge is 2.43. The molecule has 35 heavy (non-hydrogen) atoms. The summed E-state index contributed by atoms with van der Waals surface area (Å²) in [6.07, 6.45) is 7.45. The van der Waals surface area contributed by atoms with E-state index in [4.69, 9.17) is 15.9 Å². The zero-order chi connectivity index (χ0) is 24.9. The van der Waals surface area contributed by atoms with Gasteiger partial charge in [0.25, 0.3) is 0 Å². The van der Waals surface area contributed by atoms with E-state index in [1.165, 1.54) is 18.1 Å². The maximum atomic E-state index is 13.4. The Morgan fingerprint density at radius 2 is 1.77 bits per heavy atom. The van der Waals surface area contributed by atoms with Gasteiger partial charge in [0.15, 0.2) is 0 Å². The van der Waals surface area contributed by atoms with Crippen molar-refractivity contribution >= 4 is 18.0 Å². The van der Waals surface area contributed by atoms with Crippen molar-refractivity contribution in [1.29, 1.82) is 0 Å². The summed E-state index contributed by atoms with van der Waals surface area (Å²) in [6.45, 7) is 3.81. The van der Waals surface area contributed by atoms with Crippen LogP contribution in [-0.4, -0.2) is 54.7 Å². The number of hydrogen-bond acceptors (Lipinski definition) is 5. The minimum absolute atomic E-state index is 0.102. The predicted molar refractivity (Wildman–Crippen MR) is 131 cm³/mol. The quantitative estimate of drug-likeness (QED) is 0.378. The van der Waals surface area contributed by atoms with Gasteiger partial charge >= 0.3 is 12.1 Å². The lowest BCUT2D eigenvalue weighted by atomic mass is 9.98. The molecule has 4 rings (SSSR count). The summed E-state index contributed by atoms with van der Waals surface area (Å²) in [4.78, 5) is 39.7. The van der Waals surface area contributed by atoms with Crippen LogP contribution in [0.3, 0.4) is 0 Å². The number of terminal acetylenes is 1. The highest BCUT2D eigenvalue weighted by Crippen LogP contribution is 2.44. The van der Waals surface area contributed by atoms with E-state index < -0.39 is 36.1 Å². The second-order valence-corrected chi connectivity index (χ2v) is 8.59. The van der Waals surface area contributed by atoms with Gasteiger partial charge in [-0.2, -0.15) is 0 Å². The number of amides is 2. The Balaban J connectivity index is 1.46. The van der Waals surface area contributed by atoms with Gasteiger partial charge in [0, 0.05) is 5.92 Å². The zero-order valence-corrected chi connectivity index (χ0v) is 19.6.